The number of sulfonamides is 1. The second-order valence-corrected chi connectivity index (χ2v) is 11.0. The molecule has 0 amide bonds. The predicted octanol–water partition coefficient (Wildman–Crippen LogP) is 4.82. The van der Waals surface area contributed by atoms with Crippen molar-refractivity contribution in [3.8, 4) is 0 Å². The number of rotatable bonds is 7. The molecule has 0 radical (unpaired) electrons. The van der Waals surface area contributed by atoms with Gasteiger partial charge in [-0.25, -0.2) is 23.1 Å². The Morgan fingerprint density at radius 2 is 1.61 bits per heavy atom. The van der Waals surface area contributed by atoms with Gasteiger partial charge in [-0.15, -0.1) is 0 Å². The second kappa shape index (κ2) is 9.08. The maximum absolute atomic E-state index is 13.0. The maximum Gasteiger partial charge on any atom is 0.240 e. The van der Waals surface area contributed by atoms with Crippen molar-refractivity contribution in [3.05, 3.63) is 89.4 Å². The average Bonchev–Trinajstić information content (AvgIpc) is 3.15. The molecule has 33 heavy (non-hydrogen) atoms. The first-order valence-corrected chi connectivity index (χ1v) is 12.6. The quantitative estimate of drug-likeness (QED) is 0.427. The van der Waals surface area contributed by atoms with E-state index in [9.17, 15) is 8.42 Å². The molecule has 2 heterocycles. The summed E-state index contributed by atoms with van der Waals surface area (Å²) in [6, 6.07) is 19.2. The first-order valence-electron chi connectivity index (χ1n) is 11.2. The van der Waals surface area contributed by atoms with Crippen molar-refractivity contribution < 1.29 is 8.42 Å². The lowest BCUT2D eigenvalue weighted by Gasteiger charge is -2.19. The summed E-state index contributed by atoms with van der Waals surface area (Å²) in [5.41, 5.74) is 4.91. The van der Waals surface area contributed by atoms with Gasteiger partial charge in [0.25, 0.3) is 0 Å². The zero-order chi connectivity index (χ0) is 23.6. The van der Waals surface area contributed by atoms with Gasteiger partial charge in [0.1, 0.15) is 11.3 Å². The van der Waals surface area contributed by atoms with Crippen LogP contribution in [0.3, 0.4) is 0 Å². The van der Waals surface area contributed by atoms with E-state index in [4.69, 9.17) is 0 Å². The van der Waals surface area contributed by atoms with E-state index in [1.54, 1.807) is 18.3 Å². The molecule has 2 aromatic heterocycles. The fourth-order valence-corrected chi connectivity index (χ4v) is 4.73. The Kier molecular flexibility index (Phi) is 6.36. The van der Waals surface area contributed by atoms with Gasteiger partial charge in [0.15, 0.2) is 5.65 Å². The Morgan fingerprint density at radius 1 is 0.939 bits per heavy atom. The lowest BCUT2D eigenvalue weighted by atomic mass is 9.87. The largest absolute Gasteiger partial charge is 0.307 e. The molecule has 2 aromatic carbocycles. The summed E-state index contributed by atoms with van der Waals surface area (Å²) in [6.07, 6.45) is 2.71. The number of imidazole rings is 1. The Balaban J connectivity index is 1.59. The molecular formula is C26H30N4O2S. The molecule has 0 atom stereocenters. The SMILES string of the molecule is CCc1ccc(Cn2c(CNS(=O)(=O)c3ccc(C(C)(C)C)cc3)nc3cccnc32)cc1. The molecule has 0 aliphatic heterocycles. The van der Waals surface area contributed by atoms with E-state index in [1.807, 2.05) is 28.8 Å². The van der Waals surface area contributed by atoms with Crippen LogP contribution in [0, 0.1) is 0 Å². The Hall–Kier alpha value is -3.03. The monoisotopic (exact) mass is 462 g/mol. The summed E-state index contributed by atoms with van der Waals surface area (Å²) in [5.74, 6) is 0.623. The standard InChI is InChI=1S/C26H30N4O2S/c1-5-19-8-10-20(11-9-19)18-30-24(29-23-7-6-16-27-25(23)30)17-28-33(31,32)22-14-12-21(13-15-22)26(2,3)4/h6-16,28H,5,17-18H2,1-4H3. The van der Waals surface area contributed by atoms with Crippen molar-refractivity contribution in [1.29, 1.82) is 0 Å². The van der Waals surface area contributed by atoms with E-state index in [0.29, 0.717) is 12.4 Å². The molecule has 7 heteroatoms. The van der Waals surface area contributed by atoms with Crippen LogP contribution in [0.1, 0.15) is 50.2 Å². The van der Waals surface area contributed by atoms with Gasteiger partial charge in [0.2, 0.25) is 10.0 Å². The minimum absolute atomic E-state index is 0.0388. The van der Waals surface area contributed by atoms with Gasteiger partial charge in [-0.2, -0.15) is 0 Å². The highest BCUT2D eigenvalue weighted by molar-refractivity contribution is 7.89. The molecule has 0 aliphatic rings. The van der Waals surface area contributed by atoms with Crippen molar-refractivity contribution in [2.24, 2.45) is 0 Å². The molecule has 0 bridgehead atoms. The Labute approximate surface area is 195 Å². The number of pyridine rings is 1. The molecular weight excluding hydrogens is 432 g/mol. The highest BCUT2D eigenvalue weighted by atomic mass is 32.2. The molecule has 4 aromatic rings. The van der Waals surface area contributed by atoms with Crippen LogP contribution in [0.4, 0.5) is 0 Å². The van der Waals surface area contributed by atoms with Gasteiger partial charge in [-0.05, 0) is 52.8 Å². The lowest BCUT2D eigenvalue weighted by molar-refractivity contribution is 0.574. The number of aryl methyl sites for hydroxylation is 1. The fraction of sp³-hybridized carbons (Fsp3) is 0.308. The number of hydrogen-bond acceptors (Lipinski definition) is 4. The van der Waals surface area contributed by atoms with E-state index in [2.05, 4.69) is 66.7 Å². The normalized spacial score (nSPS) is 12.4. The molecule has 6 nitrogen and oxygen atoms in total. The van der Waals surface area contributed by atoms with Crippen LogP contribution in [-0.4, -0.2) is 23.0 Å². The van der Waals surface area contributed by atoms with E-state index in [1.165, 1.54) is 5.56 Å². The van der Waals surface area contributed by atoms with E-state index >= 15 is 0 Å². The molecule has 0 aliphatic carbocycles. The summed E-state index contributed by atoms with van der Waals surface area (Å²) in [4.78, 5) is 9.39. The zero-order valence-corrected chi connectivity index (χ0v) is 20.4. The van der Waals surface area contributed by atoms with Crippen molar-refractivity contribution in [2.75, 3.05) is 0 Å². The Morgan fingerprint density at radius 3 is 2.24 bits per heavy atom. The number of nitrogens with one attached hydrogen (secondary N) is 1. The summed E-state index contributed by atoms with van der Waals surface area (Å²) < 4.78 is 30.6. The van der Waals surface area contributed by atoms with Crippen LogP contribution in [-0.2, 0) is 34.9 Å². The van der Waals surface area contributed by atoms with Gasteiger partial charge in [0.05, 0.1) is 18.0 Å². The first-order chi connectivity index (χ1) is 15.7. The molecule has 0 fully saturated rings. The predicted molar refractivity (Wildman–Crippen MR) is 132 cm³/mol. The first kappa shape index (κ1) is 23.1. The maximum atomic E-state index is 13.0. The minimum atomic E-state index is -3.68. The summed E-state index contributed by atoms with van der Waals surface area (Å²) in [5, 5.41) is 0. The fourth-order valence-electron chi connectivity index (χ4n) is 3.75. The van der Waals surface area contributed by atoms with Crippen LogP contribution in [0.15, 0.2) is 71.8 Å². The molecule has 0 saturated carbocycles. The Bertz CT molecular complexity index is 1350. The summed E-state index contributed by atoms with van der Waals surface area (Å²) >= 11 is 0. The average molecular weight is 463 g/mol. The van der Waals surface area contributed by atoms with E-state index in [0.717, 1.165) is 28.7 Å². The van der Waals surface area contributed by atoms with Crippen LogP contribution >= 0.6 is 0 Å². The van der Waals surface area contributed by atoms with E-state index in [-0.39, 0.29) is 16.9 Å². The van der Waals surface area contributed by atoms with Crippen molar-refractivity contribution >= 4 is 21.2 Å². The third-order valence-electron chi connectivity index (χ3n) is 5.81. The van der Waals surface area contributed by atoms with Crippen molar-refractivity contribution in [1.82, 2.24) is 19.3 Å². The number of benzene rings is 2. The van der Waals surface area contributed by atoms with Crippen LogP contribution < -0.4 is 4.72 Å². The highest BCUT2D eigenvalue weighted by Crippen LogP contribution is 2.23. The van der Waals surface area contributed by atoms with Gasteiger partial charge in [0, 0.05) is 6.20 Å². The van der Waals surface area contributed by atoms with Gasteiger partial charge in [-0.3, -0.25) is 0 Å². The molecule has 1 N–H and O–H groups in total. The highest BCUT2D eigenvalue weighted by Gasteiger charge is 2.19. The van der Waals surface area contributed by atoms with Crippen LogP contribution in [0.2, 0.25) is 0 Å². The summed E-state index contributed by atoms with van der Waals surface area (Å²) in [6.45, 7) is 9.07. The van der Waals surface area contributed by atoms with Crippen LogP contribution in [0.5, 0.6) is 0 Å². The summed E-state index contributed by atoms with van der Waals surface area (Å²) in [7, 11) is -3.68. The number of nitrogens with zero attached hydrogens (tertiary/aromatic N) is 3. The smallest absolute Gasteiger partial charge is 0.240 e. The minimum Gasteiger partial charge on any atom is -0.307 e. The van der Waals surface area contributed by atoms with Gasteiger partial charge < -0.3 is 4.57 Å². The molecule has 172 valence electrons. The molecule has 4 rings (SSSR count). The number of fused-ring (bicyclic) bond motifs is 1. The zero-order valence-electron chi connectivity index (χ0n) is 19.5. The number of aromatic nitrogens is 3. The molecule has 0 unspecified atom stereocenters. The molecule has 0 spiro atoms. The van der Waals surface area contributed by atoms with Crippen LogP contribution in [0.25, 0.3) is 11.2 Å². The molecule has 0 saturated heterocycles. The second-order valence-electron chi connectivity index (χ2n) is 9.23. The van der Waals surface area contributed by atoms with E-state index < -0.39 is 10.0 Å². The lowest BCUT2D eigenvalue weighted by Crippen LogP contribution is -2.25. The third kappa shape index (κ3) is 5.15. The van der Waals surface area contributed by atoms with Gasteiger partial charge >= 0.3 is 0 Å². The topological polar surface area (TPSA) is 76.9 Å². The third-order valence-corrected chi connectivity index (χ3v) is 7.22. The number of hydrogen-bond donors (Lipinski definition) is 1. The van der Waals surface area contributed by atoms with Gasteiger partial charge in [-0.1, -0.05) is 64.1 Å². The van der Waals surface area contributed by atoms with Crippen molar-refractivity contribution in [3.63, 3.8) is 0 Å². The van der Waals surface area contributed by atoms with Crippen molar-refractivity contribution in [2.45, 2.75) is 57.5 Å².